The van der Waals surface area contributed by atoms with Crippen LogP contribution in [-0.4, -0.2) is 8.32 Å². The van der Waals surface area contributed by atoms with Crippen LogP contribution < -0.4 is 0 Å². The molecule has 0 bridgehead atoms. The summed E-state index contributed by atoms with van der Waals surface area (Å²) in [6.07, 6.45) is 4.96. The number of hydrogen-bond donors (Lipinski definition) is 0. The molecule has 0 radical (unpaired) electrons. The monoisotopic (exact) mass is 224 g/mol. The maximum atomic E-state index is 6.33. The zero-order valence-electron chi connectivity index (χ0n) is 11.0. The van der Waals surface area contributed by atoms with Crippen molar-refractivity contribution in [2.24, 2.45) is 11.3 Å². The van der Waals surface area contributed by atoms with Crippen LogP contribution in [0.15, 0.2) is 11.8 Å². The summed E-state index contributed by atoms with van der Waals surface area (Å²) in [4.78, 5) is 0. The van der Waals surface area contributed by atoms with E-state index in [1.54, 1.807) is 0 Å². The van der Waals surface area contributed by atoms with Crippen molar-refractivity contribution >= 4 is 8.32 Å². The molecule has 2 aliphatic rings. The molecule has 1 fully saturated rings. The lowest BCUT2D eigenvalue weighted by Gasteiger charge is -2.37. The quantitative estimate of drug-likeness (QED) is 0.635. The molecule has 2 rings (SSSR count). The summed E-state index contributed by atoms with van der Waals surface area (Å²) < 4.78 is 6.33. The molecule has 2 atom stereocenters. The first-order valence-corrected chi connectivity index (χ1v) is 8.95. The lowest BCUT2D eigenvalue weighted by Crippen LogP contribution is -2.40. The number of hydrogen-bond acceptors (Lipinski definition) is 1. The second-order valence-corrected chi connectivity index (χ2v) is 11.9. The Hall–Kier alpha value is -0.243. The minimum absolute atomic E-state index is 0.321. The molecule has 0 heterocycles. The smallest absolute Gasteiger partial charge is 0.250 e. The van der Waals surface area contributed by atoms with Crippen molar-refractivity contribution in [2.45, 2.75) is 58.7 Å². The predicted molar refractivity (Wildman–Crippen MR) is 67.2 cm³/mol. The molecule has 0 spiro atoms. The van der Waals surface area contributed by atoms with Crippen molar-refractivity contribution in [2.75, 3.05) is 0 Å². The Morgan fingerprint density at radius 3 is 2.40 bits per heavy atom. The van der Waals surface area contributed by atoms with Gasteiger partial charge in [-0.15, -0.1) is 0 Å². The average Bonchev–Trinajstić information content (AvgIpc) is 2.47. The van der Waals surface area contributed by atoms with Gasteiger partial charge in [0.05, 0.1) is 5.76 Å². The summed E-state index contributed by atoms with van der Waals surface area (Å²) in [6, 6.07) is 0. The molecule has 2 heteroatoms. The van der Waals surface area contributed by atoms with Crippen molar-refractivity contribution in [3.05, 3.63) is 11.8 Å². The van der Waals surface area contributed by atoms with Gasteiger partial charge in [-0.2, -0.15) is 0 Å². The maximum absolute atomic E-state index is 6.33. The van der Waals surface area contributed by atoms with Crippen LogP contribution in [0, 0.1) is 11.3 Å². The SMILES string of the molecule is CC(C)(C)[Si](C)(C)OC1=C[C@H]2C[C@@]2(C)C1. The molecule has 0 aromatic carbocycles. The van der Waals surface area contributed by atoms with E-state index in [0.717, 1.165) is 5.92 Å². The Bertz CT molecular complexity index is 311. The van der Waals surface area contributed by atoms with E-state index in [-0.39, 0.29) is 0 Å². The van der Waals surface area contributed by atoms with Gasteiger partial charge in [0.25, 0.3) is 0 Å². The van der Waals surface area contributed by atoms with Gasteiger partial charge in [-0.25, -0.2) is 0 Å². The van der Waals surface area contributed by atoms with Gasteiger partial charge in [0.2, 0.25) is 8.32 Å². The summed E-state index contributed by atoms with van der Waals surface area (Å²) in [5.41, 5.74) is 0.581. The number of allylic oxidation sites excluding steroid dienone is 2. The third-order valence-electron chi connectivity index (χ3n) is 4.58. The van der Waals surface area contributed by atoms with Crippen LogP contribution in [0.4, 0.5) is 0 Å². The van der Waals surface area contributed by atoms with Crippen LogP contribution in [0.5, 0.6) is 0 Å². The highest BCUT2D eigenvalue weighted by Crippen LogP contribution is 2.62. The molecule has 0 N–H and O–H groups in total. The number of rotatable bonds is 2. The third kappa shape index (κ3) is 1.89. The second kappa shape index (κ2) is 2.91. The van der Waals surface area contributed by atoms with Gasteiger partial charge >= 0.3 is 0 Å². The van der Waals surface area contributed by atoms with E-state index in [2.05, 4.69) is 46.9 Å². The van der Waals surface area contributed by atoms with Crippen molar-refractivity contribution in [1.82, 2.24) is 0 Å². The van der Waals surface area contributed by atoms with E-state index in [1.807, 2.05) is 0 Å². The Labute approximate surface area is 95.0 Å². The van der Waals surface area contributed by atoms with Gasteiger partial charge in [-0.1, -0.05) is 27.7 Å². The van der Waals surface area contributed by atoms with Crippen molar-refractivity contribution < 1.29 is 4.43 Å². The standard InChI is InChI=1S/C13H24OSi/c1-12(2,3)15(5,6)14-11-7-10-8-13(10,4)9-11/h7,10H,8-9H2,1-6H3/t10-,13-/m0/s1. The Morgan fingerprint density at radius 2 is 2.00 bits per heavy atom. The van der Waals surface area contributed by atoms with Crippen LogP contribution in [0.1, 0.15) is 40.5 Å². The summed E-state index contributed by atoms with van der Waals surface area (Å²) in [5, 5.41) is 0.321. The molecule has 2 aliphatic carbocycles. The van der Waals surface area contributed by atoms with Crippen LogP contribution in [0.3, 0.4) is 0 Å². The normalized spacial score (nSPS) is 34.8. The zero-order chi connectivity index (χ0) is 11.5. The molecular formula is C13H24OSi. The summed E-state index contributed by atoms with van der Waals surface area (Å²) >= 11 is 0. The molecule has 0 aliphatic heterocycles. The first-order chi connectivity index (χ1) is 6.64. The Kier molecular flexibility index (Phi) is 2.18. The molecule has 15 heavy (non-hydrogen) atoms. The van der Waals surface area contributed by atoms with Crippen LogP contribution in [-0.2, 0) is 4.43 Å². The molecule has 0 aromatic rings. The van der Waals surface area contributed by atoms with Crippen molar-refractivity contribution in [3.63, 3.8) is 0 Å². The minimum Gasteiger partial charge on any atom is -0.547 e. The third-order valence-corrected chi connectivity index (χ3v) is 8.96. The van der Waals surface area contributed by atoms with Gasteiger partial charge in [0, 0.05) is 6.42 Å². The maximum Gasteiger partial charge on any atom is 0.250 e. The van der Waals surface area contributed by atoms with Gasteiger partial charge < -0.3 is 4.43 Å². The van der Waals surface area contributed by atoms with E-state index in [9.17, 15) is 0 Å². The fourth-order valence-corrected chi connectivity index (χ4v) is 3.24. The van der Waals surface area contributed by atoms with E-state index in [4.69, 9.17) is 4.43 Å². The highest BCUT2D eigenvalue weighted by molar-refractivity contribution is 6.74. The number of fused-ring (bicyclic) bond motifs is 1. The highest BCUT2D eigenvalue weighted by Gasteiger charge is 2.54. The second-order valence-electron chi connectivity index (χ2n) is 7.14. The van der Waals surface area contributed by atoms with Crippen molar-refractivity contribution in [1.29, 1.82) is 0 Å². The topological polar surface area (TPSA) is 9.23 Å². The fourth-order valence-electron chi connectivity index (χ4n) is 2.14. The molecular weight excluding hydrogens is 200 g/mol. The van der Waals surface area contributed by atoms with Gasteiger partial charge in [0.1, 0.15) is 0 Å². The molecule has 0 amide bonds. The van der Waals surface area contributed by atoms with Crippen LogP contribution in [0.25, 0.3) is 0 Å². The first kappa shape index (κ1) is 11.2. The largest absolute Gasteiger partial charge is 0.547 e. The van der Waals surface area contributed by atoms with E-state index in [1.165, 1.54) is 18.6 Å². The molecule has 0 aromatic heterocycles. The van der Waals surface area contributed by atoms with Gasteiger partial charge in [-0.3, -0.25) is 0 Å². The predicted octanol–water partition coefficient (Wildman–Crippen LogP) is 4.32. The molecule has 0 saturated heterocycles. The van der Waals surface area contributed by atoms with E-state index >= 15 is 0 Å². The molecule has 1 nitrogen and oxygen atoms in total. The Morgan fingerprint density at radius 1 is 1.40 bits per heavy atom. The molecule has 1 saturated carbocycles. The minimum atomic E-state index is -1.58. The van der Waals surface area contributed by atoms with E-state index < -0.39 is 8.32 Å². The molecule has 0 unspecified atom stereocenters. The molecule has 86 valence electrons. The van der Waals surface area contributed by atoms with Gasteiger partial charge in [0.15, 0.2) is 0 Å². The summed E-state index contributed by atoms with van der Waals surface area (Å²) in [7, 11) is -1.58. The Balaban J connectivity index is 2.02. The lowest BCUT2D eigenvalue weighted by atomic mass is 10.1. The van der Waals surface area contributed by atoms with E-state index in [0.29, 0.717) is 10.5 Å². The van der Waals surface area contributed by atoms with Crippen LogP contribution >= 0.6 is 0 Å². The fraction of sp³-hybridized carbons (Fsp3) is 0.846. The zero-order valence-corrected chi connectivity index (χ0v) is 12.0. The lowest BCUT2D eigenvalue weighted by molar-refractivity contribution is 0.349. The van der Waals surface area contributed by atoms with Crippen molar-refractivity contribution in [3.8, 4) is 0 Å². The average molecular weight is 224 g/mol. The van der Waals surface area contributed by atoms with Gasteiger partial charge in [-0.05, 0) is 42.0 Å². The summed E-state index contributed by atoms with van der Waals surface area (Å²) in [5.74, 6) is 2.12. The van der Waals surface area contributed by atoms with Crippen LogP contribution in [0.2, 0.25) is 18.1 Å². The highest BCUT2D eigenvalue weighted by atomic mass is 28.4. The summed E-state index contributed by atoms with van der Waals surface area (Å²) in [6.45, 7) is 14.0. The first-order valence-electron chi connectivity index (χ1n) is 6.04.